The summed E-state index contributed by atoms with van der Waals surface area (Å²) in [7, 11) is 0. The van der Waals surface area contributed by atoms with Gasteiger partial charge in [-0.1, -0.05) is 140 Å². The second-order valence-electron chi connectivity index (χ2n) is 12.1. The lowest BCUT2D eigenvalue weighted by molar-refractivity contribution is -0.167. The Balaban J connectivity index is 4.23. The van der Waals surface area contributed by atoms with Gasteiger partial charge >= 0.3 is 17.9 Å². The minimum Gasteiger partial charge on any atom is -0.462 e. The van der Waals surface area contributed by atoms with Crippen molar-refractivity contribution in [3.63, 3.8) is 0 Å². The molecule has 0 spiro atoms. The van der Waals surface area contributed by atoms with E-state index in [1.807, 2.05) is 0 Å². The van der Waals surface area contributed by atoms with Crippen molar-refractivity contribution in [2.45, 2.75) is 175 Å². The molecular formula is C40H68O6. The molecule has 1 atom stereocenters. The van der Waals surface area contributed by atoms with Crippen LogP contribution in [0, 0.1) is 0 Å². The molecular weight excluding hydrogens is 576 g/mol. The second kappa shape index (κ2) is 35.2. The molecule has 0 saturated carbocycles. The van der Waals surface area contributed by atoms with Crippen molar-refractivity contribution in [3.8, 4) is 0 Å². The number of hydrogen-bond donors (Lipinski definition) is 0. The van der Waals surface area contributed by atoms with E-state index in [-0.39, 0.29) is 31.1 Å². The Morgan fingerprint density at radius 3 is 1.33 bits per heavy atom. The third-order valence-electron chi connectivity index (χ3n) is 7.60. The molecule has 46 heavy (non-hydrogen) atoms. The molecule has 0 N–H and O–H groups in total. The average Bonchev–Trinajstić information content (AvgIpc) is 3.05. The SMILES string of the molecule is CC/C=C\C/C=C\C/C=C\C/C=C\CCCCCCC(=O)OCC(COC(=O)CCCCCCC)OC(=O)CCCCCCCC. The van der Waals surface area contributed by atoms with Crippen LogP contribution in [0.1, 0.15) is 168 Å². The number of allylic oxidation sites excluding steroid dienone is 8. The lowest BCUT2D eigenvalue weighted by Crippen LogP contribution is -2.30. The topological polar surface area (TPSA) is 78.9 Å². The Bertz CT molecular complexity index is 841. The number of carbonyl (C=O) groups is 3. The van der Waals surface area contributed by atoms with E-state index >= 15 is 0 Å². The van der Waals surface area contributed by atoms with E-state index < -0.39 is 6.10 Å². The van der Waals surface area contributed by atoms with Gasteiger partial charge in [0.2, 0.25) is 0 Å². The van der Waals surface area contributed by atoms with Crippen molar-refractivity contribution in [2.75, 3.05) is 13.2 Å². The second-order valence-corrected chi connectivity index (χ2v) is 12.1. The summed E-state index contributed by atoms with van der Waals surface area (Å²) in [6, 6.07) is 0. The highest BCUT2D eigenvalue weighted by Crippen LogP contribution is 2.11. The van der Waals surface area contributed by atoms with Crippen LogP contribution in [-0.2, 0) is 28.6 Å². The minimum atomic E-state index is -0.772. The van der Waals surface area contributed by atoms with E-state index in [1.165, 1.54) is 25.7 Å². The van der Waals surface area contributed by atoms with Crippen LogP contribution in [0.15, 0.2) is 48.6 Å². The van der Waals surface area contributed by atoms with E-state index in [9.17, 15) is 14.4 Å². The van der Waals surface area contributed by atoms with Crippen molar-refractivity contribution >= 4 is 17.9 Å². The lowest BCUT2D eigenvalue weighted by Gasteiger charge is -2.18. The molecule has 0 aromatic carbocycles. The molecule has 0 fully saturated rings. The Kier molecular flexibility index (Phi) is 33.2. The van der Waals surface area contributed by atoms with E-state index in [4.69, 9.17) is 14.2 Å². The zero-order chi connectivity index (χ0) is 33.8. The molecule has 0 rings (SSSR count). The highest BCUT2D eigenvalue weighted by molar-refractivity contribution is 5.71. The maximum atomic E-state index is 12.4. The van der Waals surface area contributed by atoms with E-state index in [1.54, 1.807) is 0 Å². The largest absolute Gasteiger partial charge is 0.462 e. The zero-order valence-corrected chi connectivity index (χ0v) is 29.8. The van der Waals surface area contributed by atoms with Gasteiger partial charge in [0.05, 0.1) is 0 Å². The summed E-state index contributed by atoms with van der Waals surface area (Å²) >= 11 is 0. The van der Waals surface area contributed by atoms with Gasteiger partial charge in [-0.25, -0.2) is 0 Å². The average molecular weight is 645 g/mol. The Labute approximate surface area is 282 Å². The van der Waals surface area contributed by atoms with Gasteiger partial charge in [-0.15, -0.1) is 0 Å². The molecule has 0 aromatic rings. The summed E-state index contributed by atoms with van der Waals surface area (Å²) < 4.78 is 16.4. The van der Waals surface area contributed by atoms with Gasteiger partial charge < -0.3 is 14.2 Å². The van der Waals surface area contributed by atoms with Gasteiger partial charge in [0.1, 0.15) is 13.2 Å². The first-order chi connectivity index (χ1) is 22.5. The fourth-order valence-electron chi connectivity index (χ4n) is 4.78. The fraction of sp³-hybridized carbons (Fsp3) is 0.725. The Hall–Kier alpha value is -2.63. The number of unbranched alkanes of at least 4 members (excludes halogenated alkanes) is 13. The van der Waals surface area contributed by atoms with E-state index in [2.05, 4.69) is 69.4 Å². The van der Waals surface area contributed by atoms with Crippen LogP contribution in [0.2, 0.25) is 0 Å². The molecule has 0 amide bonds. The van der Waals surface area contributed by atoms with Crippen LogP contribution < -0.4 is 0 Å². The van der Waals surface area contributed by atoms with Crippen LogP contribution in [0.5, 0.6) is 0 Å². The molecule has 264 valence electrons. The van der Waals surface area contributed by atoms with Crippen molar-refractivity contribution in [2.24, 2.45) is 0 Å². The van der Waals surface area contributed by atoms with Gasteiger partial charge in [-0.2, -0.15) is 0 Å². The van der Waals surface area contributed by atoms with Crippen LogP contribution >= 0.6 is 0 Å². The molecule has 0 heterocycles. The van der Waals surface area contributed by atoms with E-state index in [0.717, 1.165) is 103 Å². The first kappa shape index (κ1) is 43.4. The van der Waals surface area contributed by atoms with Gasteiger partial charge in [-0.3, -0.25) is 14.4 Å². The summed E-state index contributed by atoms with van der Waals surface area (Å²) in [4.78, 5) is 37.0. The quantitative estimate of drug-likeness (QED) is 0.0314. The maximum absolute atomic E-state index is 12.4. The summed E-state index contributed by atoms with van der Waals surface area (Å²) in [6.07, 6.45) is 38.6. The number of ether oxygens (including phenoxy) is 3. The summed E-state index contributed by atoms with van der Waals surface area (Å²) in [5.41, 5.74) is 0. The molecule has 1 unspecified atom stereocenters. The Morgan fingerprint density at radius 1 is 0.457 bits per heavy atom. The number of hydrogen-bond acceptors (Lipinski definition) is 6. The normalized spacial score (nSPS) is 12.5. The molecule has 0 saturated heterocycles. The fourth-order valence-corrected chi connectivity index (χ4v) is 4.78. The summed E-state index contributed by atoms with van der Waals surface area (Å²) in [6.45, 7) is 6.31. The standard InChI is InChI=1S/C40H68O6/c1-4-7-10-13-15-16-17-18-19-20-21-22-23-24-25-28-30-33-39(42)45-36-37(35-44-38(41)32-29-26-12-9-6-3)46-40(43)34-31-27-14-11-8-5-2/h7,10,15-16,18-19,21-22,37H,4-6,8-9,11-14,17,20,23-36H2,1-3H3/b10-7-,16-15-,19-18-,22-21-. The summed E-state index contributed by atoms with van der Waals surface area (Å²) in [5.74, 6) is -0.941. The van der Waals surface area contributed by atoms with Gasteiger partial charge in [0.25, 0.3) is 0 Å². The molecule has 0 aliphatic rings. The first-order valence-electron chi connectivity index (χ1n) is 18.6. The highest BCUT2D eigenvalue weighted by Gasteiger charge is 2.19. The van der Waals surface area contributed by atoms with Gasteiger partial charge in [-0.05, 0) is 57.8 Å². The number of carbonyl (C=O) groups excluding carboxylic acids is 3. The highest BCUT2D eigenvalue weighted by atomic mass is 16.6. The molecule has 6 nitrogen and oxygen atoms in total. The first-order valence-corrected chi connectivity index (χ1v) is 18.6. The van der Waals surface area contributed by atoms with Crippen molar-refractivity contribution in [1.29, 1.82) is 0 Å². The molecule has 0 aliphatic heterocycles. The van der Waals surface area contributed by atoms with Crippen LogP contribution in [0.25, 0.3) is 0 Å². The Morgan fingerprint density at radius 2 is 0.848 bits per heavy atom. The summed E-state index contributed by atoms with van der Waals surface area (Å²) in [5, 5.41) is 0. The molecule has 6 heteroatoms. The smallest absolute Gasteiger partial charge is 0.306 e. The molecule has 0 bridgehead atoms. The van der Waals surface area contributed by atoms with E-state index in [0.29, 0.717) is 19.3 Å². The molecule has 0 aromatic heterocycles. The van der Waals surface area contributed by atoms with Crippen molar-refractivity contribution in [3.05, 3.63) is 48.6 Å². The third-order valence-corrected chi connectivity index (χ3v) is 7.60. The number of rotatable bonds is 32. The monoisotopic (exact) mass is 645 g/mol. The molecule has 0 aliphatic carbocycles. The molecule has 0 radical (unpaired) electrons. The van der Waals surface area contributed by atoms with Crippen LogP contribution in [-0.4, -0.2) is 37.2 Å². The van der Waals surface area contributed by atoms with Gasteiger partial charge in [0, 0.05) is 19.3 Å². The minimum absolute atomic E-state index is 0.0827. The maximum Gasteiger partial charge on any atom is 0.306 e. The lowest BCUT2D eigenvalue weighted by atomic mass is 10.1. The van der Waals surface area contributed by atoms with Crippen LogP contribution in [0.3, 0.4) is 0 Å². The predicted octanol–water partition coefficient (Wildman–Crippen LogP) is 11.2. The van der Waals surface area contributed by atoms with Crippen molar-refractivity contribution in [1.82, 2.24) is 0 Å². The van der Waals surface area contributed by atoms with Crippen LogP contribution in [0.4, 0.5) is 0 Å². The predicted molar refractivity (Wildman–Crippen MR) is 192 cm³/mol. The zero-order valence-electron chi connectivity index (χ0n) is 29.8. The van der Waals surface area contributed by atoms with Crippen molar-refractivity contribution < 1.29 is 28.6 Å². The number of esters is 3. The van der Waals surface area contributed by atoms with Gasteiger partial charge in [0.15, 0.2) is 6.10 Å². The third kappa shape index (κ3) is 32.8.